The second kappa shape index (κ2) is 11.4. The van der Waals surface area contributed by atoms with Crippen LogP contribution in [0.1, 0.15) is 30.9 Å². The third kappa shape index (κ3) is 4.65. The first-order valence-electron chi connectivity index (χ1n) is 14.1. The Bertz CT molecular complexity index is 1360. The summed E-state index contributed by atoms with van der Waals surface area (Å²) >= 11 is 1.50. The van der Waals surface area contributed by atoms with Crippen molar-refractivity contribution in [2.45, 2.75) is 41.3 Å². The SMILES string of the molecule is COc1ccc(N2CC=C[C@]34S[C@H]5/C=C\CCCCOC(=O)[C@H]5[C@H]3C(=O)N([C@H](CO)c3ccccc3)C4C2=O)cc1. The first-order valence-corrected chi connectivity index (χ1v) is 15.0. The first kappa shape index (κ1) is 27.6. The van der Waals surface area contributed by atoms with Crippen LogP contribution in [0.5, 0.6) is 5.75 Å². The number of fused-ring (bicyclic) bond motifs is 2. The standard InChI is InChI=1S/C32H34N2O6S/c1-39-23-15-13-22(14-16-23)33-18-9-17-32-27(26-25(41-32)12-7-2-3-8-19-40-31(26)38)29(36)34(28(32)30(33)37)24(20-35)21-10-5-4-6-11-21/h4-7,9-17,24-28,35H,2-3,8,18-20H2,1H3/b12-7-/t24-,25+,26-,27+,28?,32+/m1/s1. The highest BCUT2D eigenvalue weighted by Crippen LogP contribution is 2.62. The molecule has 0 saturated carbocycles. The van der Waals surface area contributed by atoms with Gasteiger partial charge in [-0.05, 0) is 49.1 Å². The molecule has 2 aromatic carbocycles. The molecule has 6 rings (SSSR count). The fraction of sp³-hybridized carbons (Fsp3) is 0.406. The minimum Gasteiger partial charge on any atom is -0.497 e. The summed E-state index contributed by atoms with van der Waals surface area (Å²) < 4.78 is 10.0. The van der Waals surface area contributed by atoms with Gasteiger partial charge in [-0.25, -0.2) is 0 Å². The number of benzene rings is 2. The van der Waals surface area contributed by atoms with Crippen LogP contribution in [0.3, 0.4) is 0 Å². The molecule has 4 heterocycles. The molecule has 4 aliphatic heterocycles. The van der Waals surface area contributed by atoms with Gasteiger partial charge in [-0.3, -0.25) is 14.4 Å². The van der Waals surface area contributed by atoms with E-state index in [2.05, 4.69) is 6.08 Å². The fourth-order valence-electron chi connectivity index (χ4n) is 6.72. The van der Waals surface area contributed by atoms with Crippen molar-refractivity contribution >= 4 is 35.2 Å². The van der Waals surface area contributed by atoms with Crippen LogP contribution >= 0.6 is 11.8 Å². The third-order valence-electron chi connectivity index (χ3n) is 8.62. The molecule has 2 amide bonds. The number of aliphatic hydroxyl groups is 1. The summed E-state index contributed by atoms with van der Waals surface area (Å²) in [6.45, 7) is 0.256. The second-order valence-corrected chi connectivity index (χ2v) is 12.3. The Labute approximate surface area is 244 Å². The molecule has 0 bridgehead atoms. The highest BCUT2D eigenvalue weighted by molar-refractivity contribution is 8.02. The van der Waals surface area contributed by atoms with E-state index in [9.17, 15) is 19.5 Å². The predicted octanol–water partition coefficient (Wildman–Crippen LogP) is 3.91. The Hall–Kier alpha value is -3.56. The number of carbonyl (C=O) groups is 3. The van der Waals surface area contributed by atoms with Crippen molar-refractivity contribution in [1.82, 2.24) is 4.90 Å². The van der Waals surface area contributed by atoms with Crippen LogP contribution in [-0.4, -0.2) is 70.7 Å². The lowest BCUT2D eigenvalue weighted by Gasteiger charge is -2.38. The molecule has 0 aliphatic carbocycles. The number of likely N-dealkylation sites (tertiary alicyclic amines) is 1. The zero-order chi connectivity index (χ0) is 28.6. The quantitative estimate of drug-likeness (QED) is 0.427. The van der Waals surface area contributed by atoms with Gasteiger partial charge in [0.05, 0.1) is 42.9 Å². The maximum atomic E-state index is 14.7. The maximum absolute atomic E-state index is 14.7. The molecule has 1 unspecified atom stereocenters. The Morgan fingerprint density at radius 2 is 1.83 bits per heavy atom. The summed E-state index contributed by atoms with van der Waals surface area (Å²) in [5.74, 6) is -1.84. The summed E-state index contributed by atoms with van der Waals surface area (Å²) in [7, 11) is 1.59. The third-order valence-corrected chi connectivity index (χ3v) is 10.4. The van der Waals surface area contributed by atoms with E-state index in [-0.39, 0.29) is 23.7 Å². The summed E-state index contributed by atoms with van der Waals surface area (Å²) in [6.07, 6.45) is 10.6. The highest BCUT2D eigenvalue weighted by atomic mass is 32.2. The molecule has 1 spiro atoms. The number of aliphatic hydroxyl groups excluding tert-OH is 1. The second-order valence-electron chi connectivity index (χ2n) is 10.8. The highest BCUT2D eigenvalue weighted by Gasteiger charge is 2.71. The van der Waals surface area contributed by atoms with Crippen molar-refractivity contribution in [3.05, 3.63) is 84.5 Å². The van der Waals surface area contributed by atoms with E-state index < -0.39 is 34.6 Å². The molecule has 2 aromatic rings. The molecule has 8 nitrogen and oxygen atoms in total. The molecule has 0 aromatic heterocycles. The van der Waals surface area contributed by atoms with Crippen molar-refractivity contribution in [3.63, 3.8) is 0 Å². The fourth-order valence-corrected chi connectivity index (χ4v) is 8.70. The number of hydrogen-bond acceptors (Lipinski definition) is 7. The predicted molar refractivity (Wildman–Crippen MR) is 156 cm³/mol. The lowest BCUT2D eigenvalue weighted by atomic mass is 9.78. The van der Waals surface area contributed by atoms with Crippen molar-refractivity contribution in [2.75, 3.05) is 31.8 Å². The van der Waals surface area contributed by atoms with E-state index in [1.54, 1.807) is 29.0 Å². The summed E-state index contributed by atoms with van der Waals surface area (Å²) in [4.78, 5) is 46.1. The summed E-state index contributed by atoms with van der Waals surface area (Å²) in [6, 6.07) is 14.8. The van der Waals surface area contributed by atoms with Crippen LogP contribution < -0.4 is 9.64 Å². The van der Waals surface area contributed by atoms with Crippen LogP contribution in [0.4, 0.5) is 5.69 Å². The molecular weight excluding hydrogens is 540 g/mol. The largest absolute Gasteiger partial charge is 0.497 e. The monoisotopic (exact) mass is 574 g/mol. The molecule has 214 valence electrons. The van der Waals surface area contributed by atoms with E-state index in [0.717, 1.165) is 24.8 Å². The number of cyclic esters (lactones) is 1. The number of carbonyl (C=O) groups excluding carboxylic acids is 3. The Morgan fingerprint density at radius 3 is 2.56 bits per heavy atom. The van der Waals surface area contributed by atoms with E-state index in [4.69, 9.17) is 9.47 Å². The topological polar surface area (TPSA) is 96.4 Å². The van der Waals surface area contributed by atoms with Gasteiger partial charge in [-0.15, -0.1) is 11.8 Å². The molecule has 1 N–H and O–H groups in total. The van der Waals surface area contributed by atoms with Crippen molar-refractivity contribution in [1.29, 1.82) is 0 Å². The summed E-state index contributed by atoms with van der Waals surface area (Å²) in [5, 5.41) is 10.4. The van der Waals surface area contributed by atoms with Gasteiger partial charge in [0, 0.05) is 17.5 Å². The number of esters is 1. The zero-order valence-electron chi connectivity index (χ0n) is 22.9. The van der Waals surface area contributed by atoms with Crippen molar-refractivity contribution < 1.29 is 29.0 Å². The lowest BCUT2D eigenvalue weighted by molar-refractivity contribution is -0.153. The number of ether oxygens (including phenoxy) is 2. The normalized spacial score (nSPS) is 31.0. The van der Waals surface area contributed by atoms with E-state index in [1.165, 1.54) is 11.8 Å². The van der Waals surface area contributed by atoms with E-state index in [1.807, 2.05) is 60.7 Å². The van der Waals surface area contributed by atoms with Crippen LogP contribution in [0.15, 0.2) is 78.9 Å². The molecule has 9 heteroatoms. The number of amides is 2. The molecule has 2 fully saturated rings. The molecular formula is C32H34N2O6S. The van der Waals surface area contributed by atoms with Crippen molar-refractivity contribution in [2.24, 2.45) is 11.8 Å². The molecule has 6 atom stereocenters. The Balaban J connectivity index is 1.49. The van der Waals surface area contributed by atoms with Gasteiger partial charge in [-0.1, -0.05) is 54.6 Å². The first-order chi connectivity index (χ1) is 20.0. The Kier molecular flexibility index (Phi) is 7.66. The minimum absolute atomic E-state index is 0.251. The van der Waals surface area contributed by atoms with Gasteiger partial charge in [0.2, 0.25) is 5.91 Å². The zero-order valence-corrected chi connectivity index (χ0v) is 23.7. The lowest BCUT2D eigenvalue weighted by Crippen LogP contribution is -2.54. The number of methoxy groups -OCH3 is 1. The average molecular weight is 575 g/mol. The average Bonchev–Trinajstić information content (AvgIpc) is 3.39. The van der Waals surface area contributed by atoms with Gasteiger partial charge in [0.1, 0.15) is 11.8 Å². The molecule has 4 aliphatic rings. The van der Waals surface area contributed by atoms with E-state index >= 15 is 0 Å². The Morgan fingerprint density at radius 1 is 1.05 bits per heavy atom. The molecule has 0 radical (unpaired) electrons. The van der Waals surface area contributed by atoms with Crippen LogP contribution in [-0.2, 0) is 19.1 Å². The molecule has 41 heavy (non-hydrogen) atoms. The number of nitrogens with zero attached hydrogens (tertiary/aromatic N) is 2. The van der Waals surface area contributed by atoms with Crippen molar-refractivity contribution in [3.8, 4) is 5.75 Å². The number of hydrogen-bond donors (Lipinski definition) is 1. The smallest absolute Gasteiger partial charge is 0.311 e. The summed E-state index contributed by atoms with van der Waals surface area (Å²) in [5.41, 5.74) is 1.40. The maximum Gasteiger partial charge on any atom is 0.311 e. The molecule has 2 saturated heterocycles. The van der Waals surface area contributed by atoms with E-state index in [0.29, 0.717) is 24.6 Å². The number of rotatable bonds is 5. The van der Waals surface area contributed by atoms with Gasteiger partial charge in [0.25, 0.3) is 5.91 Å². The number of allylic oxidation sites excluding steroid dienone is 1. The van der Waals surface area contributed by atoms with Crippen LogP contribution in [0.2, 0.25) is 0 Å². The van der Waals surface area contributed by atoms with Gasteiger partial charge in [-0.2, -0.15) is 0 Å². The van der Waals surface area contributed by atoms with Gasteiger partial charge >= 0.3 is 5.97 Å². The van der Waals surface area contributed by atoms with Crippen LogP contribution in [0, 0.1) is 11.8 Å². The van der Waals surface area contributed by atoms with Crippen LogP contribution in [0.25, 0.3) is 0 Å². The number of anilines is 1. The van der Waals surface area contributed by atoms with Gasteiger partial charge in [0.15, 0.2) is 0 Å². The minimum atomic E-state index is -1.01. The number of thioether (sulfide) groups is 1. The van der Waals surface area contributed by atoms with Gasteiger partial charge < -0.3 is 24.4 Å².